The molecule has 0 spiro atoms. The zero-order chi connectivity index (χ0) is 10.9. The molecule has 1 amide bonds. The quantitative estimate of drug-likeness (QED) is 0.850. The molecule has 3 nitrogen and oxygen atoms in total. The maximum Gasteiger partial charge on any atom is 0.281 e. The molecule has 0 aliphatic rings. The lowest BCUT2D eigenvalue weighted by atomic mass is 10.2. The maximum atomic E-state index is 12.4. The minimum atomic E-state index is -2.69. The van der Waals surface area contributed by atoms with Crippen LogP contribution in [0, 0.1) is 10.5 Å². The van der Waals surface area contributed by atoms with E-state index in [-0.39, 0.29) is 14.8 Å². The molecule has 1 aromatic rings. The van der Waals surface area contributed by atoms with Gasteiger partial charge in [-0.3, -0.25) is 9.78 Å². The van der Waals surface area contributed by atoms with E-state index < -0.39 is 12.3 Å². The van der Waals surface area contributed by atoms with Crippen molar-refractivity contribution in [1.29, 1.82) is 0 Å². The zero-order valence-electron chi connectivity index (χ0n) is 7.22. The SMILES string of the molecule is Cc1cc(C(N)=O)c(I)c(C(F)F)n1. The predicted molar refractivity (Wildman–Crippen MR) is 55.2 cm³/mol. The molecule has 0 radical (unpaired) electrons. The Balaban J connectivity index is 3.40. The summed E-state index contributed by atoms with van der Waals surface area (Å²) in [5.41, 5.74) is 5.09. The van der Waals surface area contributed by atoms with Crippen molar-refractivity contribution in [2.75, 3.05) is 0 Å². The van der Waals surface area contributed by atoms with Crippen LogP contribution in [0.3, 0.4) is 0 Å². The van der Waals surface area contributed by atoms with Crippen molar-refractivity contribution in [3.8, 4) is 0 Å². The monoisotopic (exact) mass is 312 g/mol. The third kappa shape index (κ3) is 2.17. The number of alkyl halides is 2. The highest BCUT2D eigenvalue weighted by atomic mass is 127. The van der Waals surface area contributed by atoms with Crippen molar-refractivity contribution in [3.05, 3.63) is 26.6 Å². The third-order valence-electron chi connectivity index (χ3n) is 1.58. The van der Waals surface area contributed by atoms with Gasteiger partial charge in [0, 0.05) is 5.69 Å². The van der Waals surface area contributed by atoms with E-state index in [9.17, 15) is 13.6 Å². The summed E-state index contributed by atoms with van der Waals surface area (Å²) in [5.74, 6) is -0.721. The van der Waals surface area contributed by atoms with Crippen LogP contribution < -0.4 is 5.73 Å². The first-order valence-corrected chi connectivity index (χ1v) is 4.76. The molecule has 0 aliphatic carbocycles. The number of hydrogen-bond donors (Lipinski definition) is 1. The fourth-order valence-electron chi connectivity index (χ4n) is 1.01. The average molecular weight is 312 g/mol. The highest BCUT2D eigenvalue weighted by molar-refractivity contribution is 14.1. The Morgan fingerprint density at radius 1 is 1.64 bits per heavy atom. The molecule has 0 saturated heterocycles. The Morgan fingerprint density at radius 2 is 2.21 bits per heavy atom. The van der Waals surface area contributed by atoms with E-state index in [1.807, 2.05) is 0 Å². The smallest absolute Gasteiger partial charge is 0.281 e. The number of aryl methyl sites for hydroxylation is 1. The van der Waals surface area contributed by atoms with Crippen molar-refractivity contribution >= 4 is 28.5 Å². The Morgan fingerprint density at radius 3 is 2.64 bits per heavy atom. The summed E-state index contributed by atoms with van der Waals surface area (Å²) >= 11 is 1.64. The predicted octanol–water partition coefficient (Wildman–Crippen LogP) is 2.03. The van der Waals surface area contributed by atoms with E-state index in [1.165, 1.54) is 13.0 Å². The molecule has 0 aromatic carbocycles. The molecule has 0 unspecified atom stereocenters. The van der Waals surface area contributed by atoms with Crippen LogP contribution in [0.4, 0.5) is 8.78 Å². The van der Waals surface area contributed by atoms with Gasteiger partial charge >= 0.3 is 0 Å². The van der Waals surface area contributed by atoms with Crippen LogP contribution >= 0.6 is 22.6 Å². The topological polar surface area (TPSA) is 56.0 Å². The van der Waals surface area contributed by atoms with Gasteiger partial charge in [0.1, 0.15) is 5.69 Å². The van der Waals surface area contributed by atoms with Gasteiger partial charge in [-0.2, -0.15) is 0 Å². The van der Waals surface area contributed by atoms with Crippen LogP contribution in [0.15, 0.2) is 6.07 Å². The number of nitrogens with zero attached hydrogens (tertiary/aromatic N) is 1. The van der Waals surface area contributed by atoms with Crippen molar-refractivity contribution in [2.24, 2.45) is 5.73 Å². The Bertz CT molecular complexity index is 382. The number of carbonyl (C=O) groups is 1. The molecule has 76 valence electrons. The second-order valence-electron chi connectivity index (χ2n) is 2.68. The summed E-state index contributed by atoms with van der Waals surface area (Å²) in [6.45, 7) is 1.54. The van der Waals surface area contributed by atoms with Gasteiger partial charge in [-0.15, -0.1) is 0 Å². The van der Waals surface area contributed by atoms with Crippen molar-refractivity contribution in [3.63, 3.8) is 0 Å². The number of halogens is 3. The van der Waals surface area contributed by atoms with Crippen molar-refractivity contribution in [1.82, 2.24) is 4.98 Å². The van der Waals surface area contributed by atoms with Crippen molar-refractivity contribution < 1.29 is 13.6 Å². The minimum absolute atomic E-state index is 0.0911. The fourth-order valence-corrected chi connectivity index (χ4v) is 1.78. The minimum Gasteiger partial charge on any atom is -0.366 e. The number of nitrogens with two attached hydrogens (primary N) is 1. The highest BCUT2D eigenvalue weighted by Crippen LogP contribution is 2.25. The standard InChI is InChI=1S/C8H7F2IN2O/c1-3-2-4(8(12)14)5(11)6(13-3)7(9)10/h2,7H,1H3,(H2,12,14). The molecule has 1 heterocycles. The summed E-state index contributed by atoms with van der Waals surface area (Å²) in [7, 11) is 0. The first-order chi connectivity index (χ1) is 6.43. The van der Waals surface area contributed by atoms with Gasteiger partial charge in [-0.1, -0.05) is 0 Å². The normalized spacial score (nSPS) is 10.6. The van der Waals surface area contributed by atoms with Gasteiger partial charge in [-0.05, 0) is 35.6 Å². The summed E-state index contributed by atoms with van der Waals surface area (Å²) in [4.78, 5) is 14.5. The number of rotatable bonds is 2. The van der Waals surface area contributed by atoms with Gasteiger partial charge < -0.3 is 5.73 Å². The van der Waals surface area contributed by atoms with Gasteiger partial charge in [0.05, 0.1) is 9.13 Å². The summed E-state index contributed by atoms with van der Waals surface area (Å²) < 4.78 is 25.0. The van der Waals surface area contributed by atoms with E-state index in [2.05, 4.69) is 4.98 Å². The molecule has 1 aromatic heterocycles. The Hall–Kier alpha value is -0.790. The van der Waals surface area contributed by atoms with Gasteiger partial charge in [-0.25, -0.2) is 8.78 Å². The summed E-state index contributed by atoms with van der Waals surface area (Å²) in [6.07, 6.45) is -2.69. The van der Waals surface area contributed by atoms with E-state index in [0.717, 1.165) is 0 Å². The molecule has 0 aliphatic heterocycles. The largest absolute Gasteiger partial charge is 0.366 e. The molecule has 0 bridgehead atoms. The lowest BCUT2D eigenvalue weighted by Gasteiger charge is -2.07. The number of primary amides is 1. The molecule has 0 fully saturated rings. The summed E-state index contributed by atoms with van der Waals surface area (Å²) in [5, 5.41) is 0. The molecule has 2 N–H and O–H groups in total. The second-order valence-corrected chi connectivity index (χ2v) is 3.75. The molecule has 0 saturated carbocycles. The Labute approximate surface area is 92.8 Å². The maximum absolute atomic E-state index is 12.4. The van der Waals surface area contributed by atoms with Gasteiger partial charge in [0.2, 0.25) is 5.91 Å². The first kappa shape index (κ1) is 11.3. The number of aromatic nitrogens is 1. The second kappa shape index (κ2) is 4.16. The fraction of sp³-hybridized carbons (Fsp3) is 0.250. The Kier molecular flexibility index (Phi) is 3.35. The average Bonchev–Trinajstić information content (AvgIpc) is 2.07. The van der Waals surface area contributed by atoms with Crippen molar-refractivity contribution in [2.45, 2.75) is 13.3 Å². The highest BCUT2D eigenvalue weighted by Gasteiger charge is 2.19. The number of amides is 1. The number of hydrogen-bond acceptors (Lipinski definition) is 2. The lowest BCUT2D eigenvalue weighted by Crippen LogP contribution is -2.15. The van der Waals surface area contributed by atoms with E-state index in [4.69, 9.17) is 5.73 Å². The van der Waals surface area contributed by atoms with E-state index >= 15 is 0 Å². The van der Waals surface area contributed by atoms with Crippen LogP contribution in [0.25, 0.3) is 0 Å². The van der Waals surface area contributed by atoms with Crippen LogP contribution in [0.2, 0.25) is 0 Å². The van der Waals surface area contributed by atoms with Crippen LogP contribution in [0.1, 0.15) is 28.2 Å². The first-order valence-electron chi connectivity index (χ1n) is 3.68. The number of pyridine rings is 1. The lowest BCUT2D eigenvalue weighted by molar-refractivity contribution is 0.0998. The molecule has 0 atom stereocenters. The van der Waals surface area contributed by atoms with Crippen LogP contribution in [-0.4, -0.2) is 10.9 Å². The summed E-state index contributed by atoms with van der Waals surface area (Å²) in [6, 6.07) is 1.40. The van der Waals surface area contributed by atoms with Crippen LogP contribution in [-0.2, 0) is 0 Å². The van der Waals surface area contributed by atoms with Crippen LogP contribution in [0.5, 0.6) is 0 Å². The van der Waals surface area contributed by atoms with Gasteiger partial charge in [0.15, 0.2) is 0 Å². The van der Waals surface area contributed by atoms with Gasteiger partial charge in [0.25, 0.3) is 6.43 Å². The molecule has 6 heteroatoms. The zero-order valence-corrected chi connectivity index (χ0v) is 9.38. The number of carbonyl (C=O) groups excluding carboxylic acids is 1. The van der Waals surface area contributed by atoms with E-state index in [0.29, 0.717) is 5.69 Å². The van der Waals surface area contributed by atoms with E-state index in [1.54, 1.807) is 22.6 Å². The molecule has 14 heavy (non-hydrogen) atoms. The molecular weight excluding hydrogens is 305 g/mol. The molecular formula is C8H7F2IN2O. The molecule has 1 rings (SSSR count). The third-order valence-corrected chi connectivity index (χ3v) is 2.72.